The first kappa shape index (κ1) is 29.3. The van der Waals surface area contributed by atoms with Crippen LogP contribution in [0.15, 0.2) is 0 Å². The van der Waals surface area contributed by atoms with E-state index >= 15 is 0 Å². The second kappa shape index (κ2) is 15.2. The number of thiocarbonyl (C=S) groups is 2. The average Bonchev–Trinajstić information content (AvgIpc) is 2.66. The molecule has 180 valence electrons. The van der Waals surface area contributed by atoms with E-state index in [0.29, 0.717) is 36.2 Å². The van der Waals surface area contributed by atoms with Gasteiger partial charge in [0.1, 0.15) is 0 Å². The molecule has 0 aromatic carbocycles. The molecule has 8 nitrogen and oxygen atoms in total. The number of rotatable bonds is 14. The van der Waals surface area contributed by atoms with Crippen LogP contribution in [0.4, 0.5) is 0 Å². The highest BCUT2D eigenvalue weighted by Crippen LogP contribution is 2.25. The Balaban J connectivity index is 3.80. The van der Waals surface area contributed by atoms with Gasteiger partial charge in [-0.1, -0.05) is 27.7 Å². The zero-order valence-corrected chi connectivity index (χ0v) is 21.4. The molecule has 31 heavy (non-hydrogen) atoms. The molecule has 0 radical (unpaired) electrons. The van der Waals surface area contributed by atoms with Gasteiger partial charge in [-0.25, -0.2) is 0 Å². The van der Waals surface area contributed by atoms with Gasteiger partial charge in [0, 0.05) is 26.2 Å². The Morgan fingerprint density at radius 2 is 1.00 bits per heavy atom. The van der Waals surface area contributed by atoms with Crippen LogP contribution in [0.25, 0.3) is 0 Å². The van der Waals surface area contributed by atoms with Gasteiger partial charge in [-0.05, 0) is 54.5 Å². The smallest absolute Gasteiger partial charge is 0.306 e. The minimum Gasteiger partial charge on any atom is -0.469 e. The number of hydrogen-bond donors (Lipinski definition) is 4. The third-order valence-corrected chi connectivity index (χ3v) is 5.38. The minimum absolute atomic E-state index is 0.142. The number of esters is 2. The van der Waals surface area contributed by atoms with Crippen molar-refractivity contribution in [3.63, 3.8) is 0 Å². The molecule has 0 saturated carbocycles. The molecule has 0 amide bonds. The number of carbonyl (C=O) groups is 2. The largest absolute Gasteiger partial charge is 0.469 e. The lowest BCUT2D eigenvalue weighted by Crippen LogP contribution is -2.40. The summed E-state index contributed by atoms with van der Waals surface area (Å²) < 4.78 is 9.45. The topological polar surface area (TPSA) is 101 Å². The molecular weight excluding hydrogens is 436 g/mol. The molecule has 0 aromatic heterocycles. The number of carbonyl (C=O) groups excluding carboxylic acids is 2. The van der Waals surface area contributed by atoms with Crippen molar-refractivity contribution >= 4 is 46.6 Å². The average molecular weight is 477 g/mol. The number of methoxy groups -OCH3 is 2. The van der Waals surface area contributed by atoms with Crippen LogP contribution in [-0.4, -0.2) is 62.6 Å². The van der Waals surface area contributed by atoms with E-state index in [9.17, 15) is 9.59 Å². The second-order valence-corrected chi connectivity index (χ2v) is 9.87. The Kier molecular flexibility index (Phi) is 14.4. The van der Waals surface area contributed by atoms with Crippen molar-refractivity contribution in [3.8, 4) is 0 Å². The van der Waals surface area contributed by atoms with Crippen molar-refractivity contribution in [1.82, 2.24) is 21.3 Å². The second-order valence-electron chi connectivity index (χ2n) is 9.05. The molecule has 0 heterocycles. The maximum atomic E-state index is 11.4. The maximum absolute atomic E-state index is 11.4. The first-order chi connectivity index (χ1) is 14.4. The van der Waals surface area contributed by atoms with Crippen LogP contribution in [0, 0.1) is 10.8 Å². The van der Waals surface area contributed by atoms with Crippen LogP contribution in [0.1, 0.15) is 59.8 Å². The molecule has 0 bridgehead atoms. The standard InChI is InChI=1S/C21H40N4O4S2/c1-20(2,14-16(26)28-5)8-12-24-18(30)22-10-7-11-23-19(31)25-13-9-21(3,4)15-17(27)29-6/h7-15H2,1-6H3,(H2,22,24,30)(H2,23,25,31). The highest BCUT2D eigenvalue weighted by Gasteiger charge is 2.23. The van der Waals surface area contributed by atoms with Crippen molar-refractivity contribution in [2.24, 2.45) is 10.8 Å². The van der Waals surface area contributed by atoms with Crippen molar-refractivity contribution in [1.29, 1.82) is 0 Å². The quantitative estimate of drug-likeness (QED) is 0.170. The highest BCUT2D eigenvalue weighted by molar-refractivity contribution is 7.80. The molecule has 10 heteroatoms. The van der Waals surface area contributed by atoms with Crippen molar-refractivity contribution < 1.29 is 19.1 Å². The normalized spacial score (nSPS) is 11.3. The number of ether oxygens (including phenoxy) is 2. The van der Waals surface area contributed by atoms with Gasteiger partial charge in [-0.2, -0.15) is 0 Å². The Morgan fingerprint density at radius 3 is 1.32 bits per heavy atom. The van der Waals surface area contributed by atoms with E-state index in [0.717, 1.165) is 32.4 Å². The van der Waals surface area contributed by atoms with Gasteiger partial charge >= 0.3 is 11.9 Å². The molecule has 4 N–H and O–H groups in total. The van der Waals surface area contributed by atoms with E-state index in [1.54, 1.807) is 0 Å². The van der Waals surface area contributed by atoms with Crippen LogP contribution in [0.3, 0.4) is 0 Å². The predicted molar refractivity (Wildman–Crippen MR) is 132 cm³/mol. The summed E-state index contributed by atoms with van der Waals surface area (Å²) in [6.07, 6.45) is 3.23. The first-order valence-electron chi connectivity index (χ1n) is 10.6. The van der Waals surface area contributed by atoms with Crippen LogP contribution in [0.5, 0.6) is 0 Å². The molecule has 0 atom stereocenters. The lowest BCUT2D eigenvalue weighted by atomic mass is 9.86. The molecule has 0 unspecified atom stereocenters. The Labute approximate surface area is 198 Å². The summed E-state index contributed by atoms with van der Waals surface area (Å²) in [6, 6.07) is 0. The molecule has 0 fully saturated rings. The fourth-order valence-corrected chi connectivity index (χ4v) is 3.16. The van der Waals surface area contributed by atoms with Crippen LogP contribution in [-0.2, 0) is 19.1 Å². The third kappa shape index (κ3) is 16.7. The van der Waals surface area contributed by atoms with Gasteiger partial charge < -0.3 is 30.7 Å². The maximum Gasteiger partial charge on any atom is 0.306 e. The lowest BCUT2D eigenvalue weighted by Gasteiger charge is -2.23. The SMILES string of the molecule is COC(=O)CC(C)(C)CCNC(=S)NCCCNC(=S)NCCC(C)(C)CC(=O)OC. The van der Waals surface area contributed by atoms with E-state index in [1.165, 1.54) is 14.2 Å². The first-order valence-corrected chi connectivity index (χ1v) is 11.4. The summed E-state index contributed by atoms with van der Waals surface area (Å²) in [6.45, 7) is 11.0. The Bertz CT molecular complexity index is 548. The summed E-state index contributed by atoms with van der Waals surface area (Å²) in [5.41, 5.74) is -0.284. The fourth-order valence-electron chi connectivity index (χ4n) is 2.75. The van der Waals surface area contributed by atoms with Crippen LogP contribution < -0.4 is 21.3 Å². The summed E-state index contributed by atoms with van der Waals surface area (Å²) in [5, 5.41) is 13.9. The van der Waals surface area contributed by atoms with Gasteiger partial charge in [0.2, 0.25) is 0 Å². The molecule has 0 spiro atoms. The molecule has 0 aromatic rings. The molecule has 0 aliphatic carbocycles. The van der Waals surface area contributed by atoms with Gasteiger partial charge in [-0.15, -0.1) is 0 Å². The lowest BCUT2D eigenvalue weighted by molar-refractivity contribution is -0.143. The Morgan fingerprint density at radius 1 is 0.677 bits per heavy atom. The van der Waals surface area contributed by atoms with E-state index in [-0.39, 0.29) is 22.8 Å². The Hall–Kier alpha value is -1.68. The van der Waals surface area contributed by atoms with Crippen LogP contribution >= 0.6 is 24.4 Å². The van der Waals surface area contributed by atoms with Gasteiger partial charge in [0.15, 0.2) is 10.2 Å². The third-order valence-electron chi connectivity index (χ3n) is 4.80. The van der Waals surface area contributed by atoms with E-state index in [1.807, 2.05) is 27.7 Å². The monoisotopic (exact) mass is 476 g/mol. The number of hydrogen-bond acceptors (Lipinski definition) is 6. The van der Waals surface area contributed by atoms with E-state index < -0.39 is 0 Å². The highest BCUT2D eigenvalue weighted by atomic mass is 32.1. The zero-order chi connectivity index (χ0) is 23.9. The van der Waals surface area contributed by atoms with Gasteiger partial charge in [0.05, 0.1) is 27.1 Å². The van der Waals surface area contributed by atoms with Gasteiger partial charge in [0.25, 0.3) is 0 Å². The van der Waals surface area contributed by atoms with Gasteiger partial charge in [-0.3, -0.25) is 9.59 Å². The summed E-state index contributed by atoms with van der Waals surface area (Å²) in [4.78, 5) is 22.8. The van der Waals surface area contributed by atoms with Crippen molar-refractivity contribution in [2.75, 3.05) is 40.4 Å². The van der Waals surface area contributed by atoms with E-state index in [4.69, 9.17) is 33.9 Å². The molecule has 0 aliphatic heterocycles. The molecule has 0 saturated heterocycles. The summed E-state index contributed by atoms with van der Waals surface area (Å²) in [5.74, 6) is -0.397. The molecule has 0 rings (SSSR count). The zero-order valence-electron chi connectivity index (χ0n) is 19.8. The number of nitrogens with one attached hydrogen (secondary N) is 4. The minimum atomic E-state index is -0.199. The van der Waals surface area contributed by atoms with Crippen LogP contribution in [0.2, 0.25) is 0 Å². The predicted octanol–water partition coefficient (Wildman–Crippen LogP) is 2.26. The molecule has 0 aliphatic rings. The molecular formula is C21H40N4O4S2. The van der Waals surface area contributed by atoms with Crippen molar-refractivity contribution in [2.45, 2.75) is 59.8 Å². The van der Waals surface area contributed by atoms with Crippen molar-refractivity contribution in [3.05, 3.63) is 0 Å². The van der Waals surface area contributed by atoms with E-state index in [2.05, 4.69) is 21.3 Å². The summed E-state index contributed by atoms with van der Waals surface area (Å²) in [7, 11) is 2.81. The summed E-state index contributed by atoms with van der Waals surface area (Å²) >= 11 is 10.6. The fraction of sp³-hybridized carbons (Fsp3) is 0.810.